The Morgan fingerprint density at radius 1 is 1.09 bits per heavy atom. The number of nitrogens with zero attached hydrogens (tertiary/aromatic N) is 1. The van der Waals surface area contributed by atoms with Crippen molar-refractivity contribution in [3.8, 4) is 0 Å². The molecule has 2 fully saturated rings. The number of cyclic esters (lactones) is 1. The van der Waals surface area contributed by atoms with E-state index in [0.717, 1.165) is 0 Å². The van der Waals surface area contributed by atoms with Crippen LogP contribution in [0.3, 0.4) is 0 Å². The zero-order valence-electron chi connectivity index (χ0n) is 26.0. The third-order valence-electron chi connectivity index (χ3n) is 8.32. The molecule has 13 atom stereocenters. The van der Waals surface area contributed by atoms with E-state index in [1.165, 1.54) is 20.1 Å². The van der Waals surface area contributed by atoms with Gasteiger partial charge in [-0.2, -0.15) is 0 Å². The van der Waals surface area contributed by atoms with E-state index in [2.05, 4.69) is 0 Å². The third kappa shape index (κ3) is 9.37. The fourth-order valence-corrected chi connectivity index (χ4v) is 6.02. The fraction of sp³-hybridized carbons (Fsp3) is 0.800. The van der Waals surface area contributed by atoms with Crippen LogP contribution in [0.4, 0.5) is 0 Å². The highest BCUT2D eigenvalue weighted by Gasteiger charge is 2.48. The second-order valence-electron chi connectivity index (χ2n) is 12.0. The van der Waals surface area contributed by atoms with Crippen molar-refractivity contribution in [2.75, 3.05) is 21.2 Å². The van der Waals surface area contributed by atoms with Crippen molar-refractivity contribution in [1.29, 1.82) is 0 Å². The molecule has 0 saturated carbocycles. The van der Waals surface area contributed by atoms with Crippen molar-refractivity contribution in [2.24, 2.45) is 11.8 Å². The van der Waals surface area contributed by atoms with Gasteiger partial charge in [-0.3, -0.25) is 14.4 Å². The molecule has 0 bridgehead atoms. The van der Waals surface area contributed by atoms with Crippen molar-refractivity contribution >= 4 is 24.0 Å². The Hall–Kier alpha value is -2.26. The summed E-state index contributed by atoms with van der Waals surface area (Å²) in [7, 11) is 4.74. The van der Waals surface area contributed by atoms with Crippen molar-refractivity contribution in [1.82, 2.24) is 4.90 Å². The molecule has 0 aromatic carbocycles. The van der Waals surface area contributed by atoms with E-state index in [1.807, 2.05) is 0 Å². The van der Waals surface area contributed by atoms with E-state index < -0.39 is 78.8 Å². The van der Waals surface area contributed by atoms with Crippen molar-refractivity contribution in [3.63, 3.8) is 0 Å². The van der Waals surface area contributed by atoms with Gasteiger partial charge in [0, 0.05) is 32.8 Å². The summed E-state index contributed by atoms with van der Waals surface area (Å²) in [6.07, 6.45) is -4.91. The number of fused-ring (bicyclic) bond motifs is 1. The Balaban J connectivity index is 2.05. The van der Waals surface area contributed by atoms with Crippen molar-refractivity contribution < 1.29 is 57.8 Å². The predicted octanol–water partition coefficient (Wildman–Crippen LogP) is 0.565. The van der Waals surface area contributed by atoms with Crippen LogP contribution in [0.15, 0.2) is 12.2 Å². The van der Waals surface area contributed by atoms with Crippen LogP contribution in [-0.2, 0) is 47.6 Å². The maximum absolute atomic E-state index is 13.1. The molecule has 244 valence electrons. The molecule has 3 aliphatic heterocycles. The number of likely N-dealkylation sites (N-methyl/N-ethyl adjacent to an activating group) is 1. The lowest BCUT2D eigenvalue weighted by Crippen LogP contribution is -2.63. The Kier molecular flexibility index (Phi) is 12.8. The zero-order chi connectivity index (χ0) is 32.0. The number of esters is 2. The van der Waals surface area contributed by atoms with Gasteiger partial charge in [0.1, 0.15) is 36.8 Å². The number of allylic oxidation sites excluding steroid dienone is 1. The van der Waals surface area contributed by atoms with Gasteiger partial charge in [-0.25, -0.2) is 0 Å². The van der Waals surface area contributed by atoms with Crippen LogP contribution in [0, 0.1) is 11.8 Å². The molecule has 2 N–H and O–H groups in total. The molecule has 13 heteroatoms. The summed E-state index contributed by atoms with van der Waals surface area (Å²) in [5.74, 6) is -2.77. The van der Waals surface area contributed by atoms with Crippen LogP contribution >= 0.6 is 0 Å². The first-order valence-electron chi connectivity index (χ1n) is 14.8. The highest BCUT2D eigenvalue weighted by atomic mass is 16.7. The predicted molar refractivity (Wildman–Crippen MR) is 151 cm³/mol. The van der Waals surface area contributed by atoms with Crippen LogP contribution in [0.1, 0.15) is 53.4 Å². The van der Waals surface area contributed by atoms with Gasteiger partial charge in [-0.1, -0.05) is 6.92 Å². The first-order chi connectivity index (χ1) is 20.3. The first-order valence-corrected chi connectivity index (χ1v) is 14.8. The standard InChI is InChI=1S/C30H47NO12/c1-15-12-19(10-11-32)28(43-30-27(37)25(31(5)6)26(36)17(3)40-30)29(38-7)23(41-18(4)33)14-24(35)39-16(2)13-22-21(42-22)9-8-20(15)34/h8-9,11,15-17,19,21-23,25-30,36-37H,10,12-14H2,1-7H3/b9-8+. The summed E-state index contributed by atoms with van der Waals surface area (Å²) in [5, 5.41) is 21.9. The minimum Gasteiger partial charge on any atom is -0.462 e. The van der Waals surface area contributed by atoms with Crippen LogP contribution in [0.2, 0.25) is 0 Å². The topological polar surface area (TPSA) is 171 Å². The largest absolute Gasteiger partial charge is 0.462 e. The molecule has 0 amide bonds. The van der Waals surface area contributed by atoms with Gasteiger partial charge < -0.3 is 48.3 Å². The van der Waals surface area contributed by atoms with Crippen molar-refractivity contribution in [3.05, 3.63) is 12.2 Å². The lowest BCUT2D eigenvalue weighted by molar-refractivity contribution is -0.309. The van der Waals surface area contributed by atoms with E-state index in [1.54, 1.807) is 45.8 Å². The quantitative estimate of drug-likeness (QED) is 0.232. The lowest BCUT2D eigenvalue weighted by Gasteiger charge is -2.46. The molecule has 3 aliphatic rings. The van der Waals surface area contributed by atoms with E-state index in [0.29, 0.717) is 12.7 Å². The van der Waals surface area contributed by atoms with Gasteiger partial charge in [0.25, 0.3) is 0 Å². The number of hydrogen-bond acceptors (Lipinski definition) is 13. The van der Waals surface area contributed by atoms with Crippen molar-refractivity contribution in [2.45, 2.75) is 121 Å². The van der Waals surface area contributed by atoms with Gasteiger partial charge in [0.2, 0.25) is 0 Å². The third-order valence-corrected chi connectivity index (χ3v) is 8.32. The van der Waals surface area contributed by atoms with E-state index in [4.69, 9.17) is 28.4 Å². The lowest BCUT2D eigenvalue weighted by atomic mass is 9.83. The Bertz CT molecular complexity index is 1000. The number of ether oxygens (including phenoxy) is 6. The number of ketones is 1. The Morgan fingerprint density at radius 2 is 1.79 bits per heavy atom. The number of methoxy groups -OCH3 is 1. The van der Waals surface area contributed by atoms with Crippen LogP contribution in [0.5, 0.6) is 0 Å². The summed E-state index contributed by atoms with van der Waals surface area (Å²) in [4.78, 5) is 52.0. The molecule has 0 aromatic heterocycles. The molecule has 0 aliphatic carbocycles. The molecule has 2 saturated heterocycles. The second-order valence-corrected chi connectivity index (χ2v) is 12.0. The zero-order valence-corrected chi connectivity index (χ0v) is 26.0. The second kappa shape index (κ2) is 15.6. The van der Waals surface area contributed by atoms with E-state index in [-0.39, 0.29) is 37.3 Å². The smallest absolute Gasteiger partial charge is 0.309 e. The number of hydrogen-bond donors (Lipinski definition) is 2. The molecule has 13 unspecified atom stereocenters. The molecular weight excluding hydrogens is 566 g/mol. The number of aliphatic hydroxyl groups excluding tert-OH is 2. The maximum atomic E-state index is 13.1. The maximum Gasteiger partial charge on any atom is 0.309 e. The number of carbonyl (C=O) groups excluding carboxylic acids is 4. The molecule has 0 spiro atoms. The monoisotopic (exact) mass is 613 g/mol. The number of carbonyl (C=O) groups is 4. The molecule has 3 heterocycles. The van der Waals surface area contributed by atoms with Gasteiger partial charge in [0.15, 0.2) is 12.1 Å². The molecule has 13 nitrogen and oxygen atoms in total. The van der Waals surface area contributed by atoms with E-state index >= 15 is 0 Å². The Morgan fingerprint density at radius 3 is 2.40 bits per heavy atom. The number of epoxide rings is 1. The van der Waals surface area contributed by atoms with Gasteiger partial charge >= 0.3 is 11.9 Å². The molecule has 3 rings (SSSR count). The van der Waals surface area contributed by atoms with Crippen LogP contribution < -0.4 is 0 Å². The van der Waals surface area contributed by atoms with Gasteiger partial charge in [-0.05, 0) is 52.4 Å². The Labute approximate surface area is 252 Å². The molecule has 43 heavy (non-hydrogen) atoms. The number of aliphatic hydroxyl groups is 2. The number of rotatable bonds is 7. The first kappa shape index (κ1) is 35.2. The average molecular weight is 614 g/mol. The summed E-state index contributed by atoms with van der Waals surface area (Å²) >= 11 is 0. The summed E-state index contributed by atoms with van der Waals surface area (Å²) in [5.41, 5.74) is 0. The summed E-state index contributed by atoms with van der Waals surface area (Å²) < 4.78 is 34.9. The summed E-state index contributed by atoms with van der Waals surface area (Å²) in [6.45, 7) is 6.27. The fourth-order valence-electron chi connectivity index (χ4n) is 6.02. The molecule has 0 radical (unpaired) electrons. The SMILES string of the molecule is COC1C(OC(C)=O)CC(=O)OC(C)CC2OC2/C=C/C(=O)C(C)CC(CC=O)C1OC1OC(C)C(O)C(N(C)C)C1O. The summed E-state index contributed by atoms with van der Waals surface area (Å²) in [6, 6.07) is -0.759. The van der Waals surface area contributed by atoms with Gasteiger partial charge in [-0.15, -0.1) is 0 Å². The normalized spacial score (nSPS) is 42.0. The highest BCUT2D eigenvalue weighted by molar-refractivity contribution is 5.91. The van der Waals surface area contributed by atoms with Crippen LogP contribution in [0.25, 0.3) is 0 Å². The molecule has 0 aromatic rings. The average Bonchev–Trinajstić information content (AvgIpc) is 3.65. The number of aldehydes is 1. The highest BCUT2D eigenvalue weighted by Crippen LogP contribution is 2.34. The molecular formula is C30H47NO12. The van der Waals surface area contributed by atoms with Gasteiger partial charge in [0.05, 0.1) is 36.9 Å². The van der Waals surface area contributed by atoms with E-state index in [9.17, 15) is 29.4 Å². The minimum absolute atomic E-state index is 0.0773. The van der Waals surface area contributed by atoms with Crippen LogP contribution in [-0.4, -0.2) is 128 Å². The minimum atomic E-state index is -1.33.